The minimum atomic E-state index is -4.38. The Morgan fingerprint density at radius 1 is 1.26 bits per heavy atom. The van der Waals surface area contributed by atoms with Crippen molar-refractivity contribution in [3.63, 3.8) is 0 Å². The van der Waals surface area contributed by atoms with E-state index in [9.17, 15) is 18.0 Å². The van der Waals surface area contributed by atoms with Crippen LogP contribution in [0.1, 0.15) is 44.2 Å². The Labute approximate surface area is 134 Å². The standard InChI is InChI=1S/C18H22F3NO/c1-12-5-3-8-16(13(12)2)22-17(23)10-9-14-6-4-7-15(11-14)18(19,20)21/h4,6-7,9-13,16H,3,5,8H2,1-2H3,(H,22,23)/b10-9+/t12-,13+,16+/m0/s1. The summed E-state index contributed by atoms with van der Waals surface area (Å²) in [4.78, 5) is 12.0. The van der Waals surface area contributed by atoms with E-state index in [2.05, 4.69) is 19.2 Å². The lowest BCUT2D eigenvalue weighted by Gasteiger charge is -2.34. The van der Waals surface area contributed by atoms with E-state index < -0.39 is 11.7 Å². The summed E-state index contributed by atoms with van der Waals surface area (Å²) in [7, 11) is 0. The molecule has 0 saturated heterocycles. The van der Waals surface area contributed by atoms with Crippen LogP contribution in [0.2, 0.25) is 0 Å². The first-order valence-electron chi connectivity index (χ1n) is 7.93. The van der Waals surface area contributed by atoms with Gasteiger partial charge in [0.25, 0.3) is 0 Å². The molecular formula is C18H22F3NO. The van der Waals surface area contributed by atoms with E-state index in [1.807, 2.05) is 0 Å². The Morgan fingerprint density at radius 2 is 2.00 bits per heavy atom. The molecule has 0 bridgehead atoms. The molecule has 1 N–H and O–H groups in total. The second kappa shape index (κ2) is 7.20. The van der Waals surface area contributed by atoms with Crippen LogP contribution >= 0.6 is 0 Å². The van der Waals surface area contributed by atoms with Crippen molar-refractivity contribution >= 4 is 12.0 Å². The molecule has 0 spiro atoms. The maximum absolute atomic E-state index is 12.7. The number of rotatable bonds is 3. The molecule has 23 heavy (non-hydrogen) atoms. The lowest BCUT2D eigenvalue weighted by molar-refractivity contribution is -0.137. The van der Waals surface area contributed by atoms with Gasteiger partial charge in [-0.3, -0.25) is 4.79 Å². The van der Waals surface area contributed by atoms with Gasteiger partial charge >= 0.3 is 6.18 Å². The molecular weight excluding hydrogens is 303 g/mol. The highest BCUT2D eigenvalue weighted by Gasteiger charge is 2.30. The molecule has 1 aromatic rings. The van der Waals surface area contributed by atoms with Crippen molar-refractivity contribution in [3.8, 4) is 0 Å². The van der Waals surface area contributed by atoms with Gasteiger partial charge in [-0.25, -0.2) is 0 Å². The number of alkyl halides is 3. The fourth-order valence-electron chi connectivity index (χ4n) is 3.01. The first kappa shape index (κ1) is 17.6. The second-order valence-electron chi connectivity index (χ2n) is 6.34. The fourth-order valence-corrected chi connectivity index (χ4v) is 3.01. The molecule has 2 nitrogen and oxygen atoms in total. The summed E-state index contributed by atoms with van der Waals surface area (Å²) in [6.07, 6.45) is 1.57. The van der Waals surface area contributed by atoms with Gasteiger partial charge in [0.1, 0.15) is 0 Å². The zero-order valence-electron chi connectivity index (χ0n) is 13.4. The van der Waals surface area contributed by atoms with Gasteiger partial charge in [0.05, 0.1) is 5.56 Å². The number of halogens is 3. The molecule has 2 rings (SSSR count). The van der Waals surface area contributed by atoms with Gasteiger partial charge in [0, 0.05) is 12.1 Å². The van der Waals surface area contributed by atoms with Crippen LogP contribution in [0.25, 0.3) is 6.08 Å². The van der Waals surface area contributed by atoms with E-state index in [4.69, 9.17) is 0 Å². The summed E-state index contributed by atoms with van der Waals surface area (Å²) in [5.74, 6) is 0.726. The van der Waals surface area contributed by atoms with Crippen molar-refractivity contribution in [2.75, 3.05) is 0 Å². The van der Waals surface area contributed by atoms with E-state index in [1.54, 1.807) is 6.07 Å². The number of amides is 1. The molecule has 5 heteroatoms. The number of carbonyl (C=O) groups is 1. The maximum atomic E-state index is 12.7. The third-order valence-electron chi connectivity index (χ3n) is 4.68. The van der Waals surface area contributed by atoms with E-state index in [1.165, 1.54) is 24.6 Å². The Morgan fingerprint density at radius 3 is 2.70 bits per heavy atom. The monoisotopic (exact) mass is 325 g/mol. The lowest BCUT2D eigenvalue weighted by Crippen LogP contribution is -2.43. The third kappa shape index (κ3) is 4.85. The van der Waals surface area contributed by atoms with E-state index in [-0.39, 0.29) is 11.9 Å². The predicted octanol–water partition coefficient (Wildman–Crippen LogP) is 4.66. The molecule has 126 valence electrons. The summed E-state index contributed by atoms with van der Waals surface area (Å²) in [6, 6.07) is 5.07. The van der Waals surface area contributed by atoms with Gasteiger partial charge < -0.3 is 5.32 Å². The van der Waals surface area contributed by atoms with E-state index in [0.29, 0.717) is 17.4 Å². The van der Waals surface area contributed by atoms with Crippen LogP contribution in [0, 0.1) is 11.8 Å². The molecule has 0 heterocycles. The quantitative estimate of drug-likeness (QED) is 0.805. The van der Waals surface area contributed by atoms with Crippen LogP contribution in [-0.2, 0) is 11.0 Å². The summed E-state index contributed by atoms with van der Waals surface area (Å²) < 4.78 is 38.0. The molecule has 0 aliphatic heterocycles. The first-order chi connectivity index (χ1) is 10.8. The van der Waals surface area contributed by atoms with E-state index >= 15 is 0 Å². The van der Waals surface area contributed by atoms with Crippen LogP contribution in [0.4, 0.5) is 13.2 Å². The lowest BCUT2D eigenvalue weighted by atomic mass is 9.78. The van der Waals surface area contributed by atoms with Gasteiger partial charge in [-0.05, 0) is 42.0 Å². The molecule has 3 atom stereocenters. The average molecular weight is 325 g/mol. The van der Waals surface area contributed by atoms with Crippen molar-refractivity contribution in [3.05, 3.63) is 41.5 Å². The molecule has 0 aromatic heterocycles. The fraction of sp³-hybridized carbons (Fsp3) is 0.500. The van der Waals surface area contributed by atoms with Gasteiger partial charge in [0.15, 0.2) is 0 Å². The Balaban J connectivity index is 1.98. The van der Waals surface area contributed by atoms with Gasteiger partial charge in [0.2, 0.25) is 5.91 Å². The summed E-state index contributed by atoms with van der Waals surface area (Å²) in [5.41, 5.74) is -0.352. The smallest absolute Gasteiger partial charge is 0.350 e. The van der Waals surface area contributed by atoms with Crippen LogP contribution < -0.4 is 5.32 Å². The highest BCUT2D eigenvalue weighted by Crippen LogP contribution is 2.30. The third-order valence-corrected chi connectivity index (χ3v) is 4.68. The average Bonchev–Trinajstić information content (AvgIpc) is 2.49. The second-order valence-corrected chi connectivity index (χ2v) is 6.34. The molecule has 1 fully saturated rings. The van der Waals surface area contributed by atoms with Crippen LogP contribution in [-0.4, -0.2) is 11.9 Å². The van der Waals surface area contributed by atoms with Crippen LogP contribution in [0.3, 0.4) is 0 Å². The largest absolute Gasteiger partial charge is 0.416 e. The molecule has 0 unspecified atom stereocenters. The van der Waals surface area contributed by atoms with Gasteiger partial charge in [-0.1, -0.05) is 38.8 Å². The molecule has 1 aromatic carbocycles. The number of nitrogens with one attached hydrogen (secondary N) is 1. The van der Waals surface area contributed by atoms with E-state index in [0.717, 1.165) is 25.0 Å². The Bertz CT molecular complexity index is 580. The molecule has 0 radical (unpaired) electrons. The zero-order chi connectivity index (χ0) is 17.0. The van der Waals surface area contributed by atoms with Crippen molar-refractivity contribution in [1.82, 2.24) is 5.32 Å². The van der Waals surface area contributed by atoms with Crippen molar-refractivity contribution in [2.45, 2.75) is 45.3 Å². The molecule has 1 aliphatic carbocycles. The maximum Gasteiger partial charge on any atom is 0.416 e. The first-order valence-corrected chi connectivity index (χ1v) is 7.93. The number of carbonyl (C=O) groups excluding carboxylic acids is 1. The highest BCUT2D eigenvalue weighted by molar-refractivity contribution is 5.91. The van der Waals surface area contributed by atoms with Gasteiger partial charge in [-0.15, -0.1) is 0 Å². The Kier molecular flexibility index (Phi) is 5.50. The predicted molar refractivity (Wildman–Crippen MR) is 84.6 cm³/mol. The minimum absolute atomic E-state index is 0.136. The Hall–Kier alpha value is -1.78. The SMILES string of the molecule is C[C@@H]1[C@@H](C)CCC[C@H]1NC(=O)/C=C/c1cccc(C(F)(F)F)c1. The molecule has 1 saturated carbocycles. The normalized spacial score (nSPS) is 25.5. The van der Waals surface area contributed by atoms with Crippen molar-refractivity contribution in [1.29, 1.82) is 0 Å². The minimum Gasteiger partial charge on any atom is -0.350 e. The zero-order valence-corrected chi connectivity index (χ0v) is 13.4. The summed E-state index contributed by atoms with van der Waals surface area (Å²) in [5, 5.41) is 2.97. The molecule has 1 amide bonds. The van der Waals surface area contributed by atoms with Crippen molar-refractivity contribution in [2.24, 2.45) is 11.8 Å². The van der Waals surface area contributed by atoms with Crippen molar-refractivity contribution < 1.29 is 18.0 Å². The highest BCUT2D eigenvalue weighted by atomic mass is 19.4. The molecule has 1 aliphatic rings. The topological polar surface area (TPSA) is 29.1 Å². The summed E-state index contributed by atoms with van der Waals surface area (Å²) >= 11 is 0. The number of hydrogen-bond donors (Lipinski definition) is 1. The van der Waals surface area contributed by atoms with Crippen LogP contribution in [0.15, 0.2) is 30.3 Å². The van der Waals surface area contributed by atoms with Crippen LogP contribution in [0.5, 0.6) is 0 Å². The number of hydrogen-bond acceptors (Lipinski definition) is 1. The number of benzene rings is 1. The summed E-state index contributed by atoms with van der Waals surface area (Å²) in [6.45, 7) is 4.31. The van der Waals surface area contributed by atoms with Gasteiger partial charge in [-0.2, -0.15) is 13.2 Å².